The molecule has 1 fully saturated rings. The van der Waals surface area contributed by atoms with Crippen LogP contribution in [0.5, 0.6) is 0 Å². The molecule has 0 spiro atoms. The molecule has 1 aromatic rings. The first-order valence-electron chi connectivity index (χ1n) is 9.08. The number of anilines is 1. The summed E-state index contributed by atoms with van der Waals surface area (Å²) in [7, 11) is 0. The van der Waals surface area contributed by atoms with Crippen molar-refractivity contribution in [3.05, 3.63) is 40.4 Å². The van der Waals surface area contributed by atoms with E-state index in [0.29, 0.717) is 30.0 Å². The van der Waals surface area contributed by atoms with Crippen molar-refractivity contribution in [2.24, 2.45) is 17.8 Å². The number of rotatable bonds is 5. The number of carbonyl (C=O) groups excluding carboxylic acids is 3. The Kier molecular flexibility index (Phi) is 5.92. The summed E-state index contributed by atoms with van der Waals surface area (Å²) in [5, 5.41) is 3.29. The van der Waals surface area contributed by atoms with Crippen molar-refractivity contribution in [1.82, 2.24) is 4.90 Å². The fraction of sp³-hybridized carbons (Fsp3) is 0.450. The number of nitrogens with one attached hydrogen (secondary N) is 1. The number of halogens is 2. The SMILES string of the molecule is CC(C)CC(C(=O)Nc1cccc(Cl)c1Cl)N1C(=O)C2CC=CCC2C1=O. The summed E-state index contributed by atoms with van der Waals surface area (Å²) in [4.78, 5) is 40.0. The van der Waals surface area contributed by atoms with Crippen molar-refractivity contribution in [3.8, 4) is 0 Å². The van der Waals surface area contributed by atoms with E-state index in [1.54, 1.807) is 18.2 Å². The maximum absolute atomic E-state index is 13.0. The lowest BCUT2D eigenvalue weighted by Crippen LogP contribution is -2.48. The van der Waals surface area contributed by atoms with Crippen LogP contribution in [0.1, 0.15) is 33.1 Å². The van der Waals surface area contributed by atoms with E-state index < -0.39 is 11.9 Å². The third kappa shape index (κ3) is 3.90. The van der Waals surface area contributed by atoms with Crippen molar-refractivity contribution in [1.29, 1.82) is 0 Å². The molecule has 2 aliphatic rings. The van der Waals surface area contributed by atoms with Crippen molar-refractivity contribution in [2.45, 2.75) is 39.2 Å². The second-order valence-corrected chi connectivity index (χ2v) is 8.22. The second-order valence-electron chi connectivity index (χ2n) is 7.44. The lowest BCUT2D eigenvalue weighted by atomic mass is 9.85. The largest absolute Gasteiger partial charge is 0.323 e. The molecule has 1 heterocycles. The number of carbonyl (C=O) groups is 3. The molecule has 0 radical (unpaired) electrons. The lowest BCUT2D eigenvalue weighted by Gasteiger charge is -2.27. The Labute approximate surface area is 168 Å². The lowest BCUT2D eigenvalue weighted by molar-refractivity contribution is -0.147. The molecule has 3 atom stereocenters. The van der Waals surface area contributed by atoms with E-state index in [-0.39, 0.29) is 34.6 Å². The van der Waals surface area contributed by atoms with Gasteiger partial charge in [-0.05, 0) is 37.3 Å². The standard InChI is InChI=1S/C20H22Cl2N2O3/c1-11(2)10-16(18(25)23-15-9-5-8-14(21)17(15)22)24-19(26)12-6-3-4-7-13(12)20(24)27/h3-5,8-9,11-13,16H,6-7,10H2,1-2H3,(H,23,25). The molecular weight excluding hydrogens is 387 g/mol. The number of imide groups is 1. The monoisotopic (exact) mass is 408 g/mol. The van der Waals surface area contributed by atoms with Gasteiger partial charge >= 0.3 is 0 Å². The Hall–Kier alpha value is -1.85. The zero-order valence-electron chi connectivity index (χ0n) is 15.2. The van der Waals surface area contributed by atoms with Gasteiger partial charge in [-0.25, -0.2) is 0 Å². The highest BCUT2D eigenvalue weighted by Gasteiger charge is 2.51. The summed E-state index contributed by atoms with van der Waals surface area (Å²) in [5.74, 6) is -1.54. The molecule has 0 bridgehead atoms. The predicted octanol–water partition coefficient (Wildman–Crippen LogP) is 4.30. The van der Waals surface area contributed by atoms with Gasteiger partial charge in [-0.1, -0.05) is 55.3 Å². The number of likely N-dealkylation sites (tertiary alicyclic amines) is 1. The molecule has 1 aliphatic heterocycles. The molecular formula is C20H22Cl2N2O3. The normalized spacial score (nSPS) is 22.9. The van der Waals surface area contributed by atoms with Gasteiger partial charge in [-0.3, -0.25) is 19.3 Å². The zero-order chi connectivity index (χ0) is 19.7. The van der Waals surface area contributed by atoms with Gasteiger partial charge in [0.05, 0.1) is 27.6 Å². The van der Waals surface area contributed by atoms with Gasteiger partial charge in [0.25, 0.3) is 0 Å². The molecule has 1 aliphatic carbocycles. The van der Waals surface area contributed by atoms with Crippen LogP contribution in [0.4, 0.5) is 5.69 Å². The van der Waals surface area contributed by atoms with E-state index in [1.807, 2.05) is 26.0 Å². The Morgan fingerprint density at radius 3 is 2.30 bits per heavy atom. The fourth-order valence-electron chi connectivity index (χ4n) is 3.73. The number of benzene rings is 1. The topological polar surface area (TPSA) is 66.5 Å². The van der Waals surface area contributed by atoms with Crippen LogP contribution in [-0.2, 0) is 14.4 Å². The Morgan fingerprint density at radius 1 is 1.15 bits per heavy atom. The van der Waals surface area contributed by atoms with Gasteiger partial charge < -0.3 is 5.32 Å². The number of fused-ring (bicyclic) bond motifs is 1. The Morgan fingerprint density at radius 2 is 1.74 bits per heavy atom. The number of allylic oxidation sites excluding steroid dienone is 2. The van der Waals surface area contributed by atoms with E-state index in [4.69, 9.17) is 23.2 Å². The highest BCUT2D eigenvalue weighted by atomic mass is 35.5. The van der Waals surface area contributed by atoms with Gasteiger partial charge in [0.15, 0.2) is 0 Å². The van der Waals surface area contributed by atoms with Gasteiger partial charge in [-0.15, -0.1) is 0 Å². The minimum absolute atomic E-state index is 0.122. The molecule has 7 heteroatoms. The maximum Gasteiger partial charge on any atom is 0.247 e. The van der Waals surface area contributed by atoms with Crippen LogP contribution in [0.3, 0.4) is 0 Å². The third-order valence-electron chi connectivity index (χ3n) is 5.06. The smallest absolute Gasteiger partial charge is 0.247 e. The van der Waals surface area contributed by atoms with Gasteiger partial charge in [0, 0.05) is 0 Å². The first kappa shape index (κ1) is 19.9. The Balaban J connectivity index is 1.87. The minimum atomic E-state index is -0.870. The molecule has 0 aromatic heterocycles. The number of nitrogens with zero attached hydrogens (tertiary/aromatic N) is 1. The number of hydrogen-bond donors (Lipinski definition) is 1. The molecule has 1 aromatic carbocycles. The molecule has 3 amide bonds. The van der Waals surface area contributed by atoms with Crippen molar-refractivity contribution in [2.75, 3.05) is 5.32 Å². The molecule has 144 valence electrons. The van der Waals surface area contributed by atoms with Crippen LogP contribution < -0.4 is 5.32 Å². The van der Waals surface area contributed by atoms with Crippen LogP contribution >= 0.6 is 23.2 Å². The van der Waals surface area contributed by atoms with Crippen LogP contribution in [0.25, 0.3) is 0 Å². The van der Waals surface area contributed by atoms with E-state index >= 15 is 0 Å². The first-order valence-corrected chi connectivity index (χ1v) is 9.83. The van der Waals surface area contributed by atoms with Crippen LogP contribution in [0.2, 0.25) is 10.0 Å². The molecule has 3 unspecified atom stereocenters. The Bertz CT molecular complexity index is 780. The highest BCUT2D eigenvalue weighted by molar-refractivity contribution is 6.44. The van der Waals surface area contributed by atoms with E-state index in [2.05, 4.69) is 5.32 Å². The van der Waals surface area contributed by atoms with E-state index in [9.17, 15) is 14.4 Å². The molecule has 1 saturated heterocycles. The molecule has 3 rings (SSSR count). The van der Waals surface area contributed by atoms with Gasteiger partial charge in [0.1, 0.15) is 6.04 Å². The summed E-state index contributed by atoms with van der Waals surface area (Å²) in [6.07, 6.45) is 5.33. The average Bonchev–Trinajstić information content (AvgIpc) is 2.88. The van der Waals surface area contributed by atoms with Crippen molar-refractivity contribution >= 4 is 46.6 Å². The van der Waals surface area contributed by atoms with Crippen LogP contribution in [-0.4, -0.2) is 28.7 Å². The molecule has 5 nitrogen and oxygen atoms in total. The van der Waals surface area contributed by atoms with E-state index in [0.717, 1.165) is 0 Å². The quantitative estimate of drug-likeness (QED) is 0.583. The summed E-state index contributed by atoms with van der Waals surface area (Å²) >= 11 is 12.2. The van der Waals surface area contributed by atoms with Crippen LogP contribution in [0.15, 0.2) is 30.4 Å². The zero-order valence-corrected chi connectivity index (χ0v) is 16.8. The third-order valence-corrected chi connectivity index (χ3v) is 5.88. The van der Waals surface area contributed by atoms with Crippen molar-refractivity contribution in [3.63, 3.8) is 0 Å². The second kappa shape index (κ2) is 8.03. The van der Waals surface area contributed by atoms with Gasteiger partial charge in [0.2, 0.25) is 17.7 Å². The summed E-state index contributed by atoms with van der Waals surface area (Å²) in [5.41, 5.74) is 0.362. The summed E-state index contributed by atoms with van der Waals surface area (Å²) in [6, 6.07) is 4.06. The fourth-order valence-corrected chi connectivity index (χ4v) is 4.07. The van der Waals surface area contributed by atoms with Crippen molar-refractivity contribution < 1.29 is 14.4 Å². The first-order chi connectivity index (χ1) is 12.8. The van der Waals surface area contributed by atoms with Gasteiger partial charge in [-0.2, -0.15) is 0 Å². The average molecular weight is 409 g/mol. The summed E-state index contributed by atoms with van der Waals surface area (Å²) < 4.78 is 0. The predicted molar refractivity (Wildman–Crippen MR) is 106 cm³/mol. The molecule has 27 heavy (non-hydrogen) atoms. The number of hydrogen-bond acceptors (Lipinski definition) is 3. The highest BCUT2D eigenvalue weighted by Crippen LogP contribution is 2.37. The molecule has 1 N–H and O–H groups in total. The molecule has 0 saturated carbocycles. The minimum Gasteiger partial charge on any atom is -0.323 e. The number of amides is 3. The van der Waals surface area contributed by atoms with Crippen LogP contribution in [0, 0.1) is 17.8 Å². The van der Waals surface area contributed by atoms with E-state index in [1.165, 1.54) is 4.90 Å². The maximum atomic E-state index is 13.0. The summed E-state index contributed by atoms with van der Waals surface area (Å²) in [6.45, 7) is 3.90.